The first-order valence-electron chi connectivity index (χ1n) is 6.50. The Hall–Kier alpha value is -1.75. The molecule has 20 heavy (non-hydrogen) atoms. The lowest BCUT2D eigenvalue weighted by molar-refractivity contribution is -0.131. The van der Waals surface area contributed by atoms with Crippen molar-refractivity contribution in [2.75, 3.05) is 16.8 Å². The number of carbonyl (C=O) groups is 2. The predicted molar refractivity (Wildman–Crippen MR) is 84.0 cm³/mol. The molecule has 0 heterocycles. The van der Waals surface area contributed by atoms with Crippen molar-refractivity contribution >= 4 is 35.4 Å². The third-order valence-electron chi connectivity index (χ3n) is 2.49. The van der Waals surface area contributed by atoms with Gasteiger partial charge in [0, 0.05) is 11.8 Å². The summed E-state index contributed by atoms with van der Waals surface area (Å²) in [5.74, 6) is 0.468. The van der Waals surface area contributed by atoms with Gasteiger partial charge in [-0.3, -0.25) is 4.79 Å². The van der Waals surface area contributed by atoms with E-state index in [1.807, 2.05) is 0 Å². The number of carboxylic acid groups (broad SMARTS) is 1. The zero-order valence-corrected chi connectivity index (χ0v) is 12.3. The summed E-state index contributed by atoms with van der Waals surface area (Å²) >= 11 is 1.63. The number of hydrogen-bond acceptors (Lipinski definition) is 3. The van der Waals surface area contributed by atoms with Crippen LogP contribution in [-0.4, -0.2) is 28.5 Å². The molecule has 0 atom stereocenters. The third kappa shape index (κ3) is 6.99. The van der Waals surface area contributed by atoms with Crippen LogP contribution in [0.3, 0.4) is 0 Å². The summed E-state index contributed by atoms with van der Waals surface area (Å²) in [4.78, 5) is 22.0. The van der Waals surface area contributed by atoms with E-state index in [1.54, 1.807) is 36.0 Å². The minimum atomic E-state index is -0.980. The molecule has 2 N–H and O–H groups in total. The molecular weight excluding hydrogens is 274 g/mol. The van der Waals surface area contributed by atoms with Gasteiger partial charge in [0.2, 0.25) is 5.91 Å². The Morgan fingerprint density at radius 3 is 2.60 bits per heavy atom. The minimum Gasteiger partial charge on any atom is -0.478 e. The molecular formula is C15H19NO3S. The van der Waals surface area contributed by atoms with Crippen molar-refractivity contribution in [3.63, 3.8) is 0 Å². The van der Waals surface area contributed by atoms with Gasteiger partial charge in [0.15, 0.2) is 0 Å². The smallest absolute Gasteiger partial charge is 0.328 e. The van der Waals surface area contributed by atoms with Crippen LogP contribution in [0.4, 0.5) is 5.69 Å². The van der Waals surface area contributed by atoms with Crippen LogP contribution in [-0.2, 0) is 9.59 Å². The maximum Gasteiger partial charge on any atom is 0.328 e. The van der Waals surface area contributed by atoms with E-state index in [9.17, 15) is 9.59 Å². The highest BCUT2D eigenvalue weighted by Crippen LogP contribution is 2.12. The Morgan fingerprint density at radius 1 is 1.30 bits per heavy atom. The zero-order valence-electron chi connectivity index (χ0n) is 11.5. The molecule has 4 nitrogen and oxygen atoms in total. The van der Waals surface area contributed by atoms with Crippen molar-refractivity contribution in [1.29, 1.82) is 0 Å². The van der Waals surface area contributed by atoms with E-state index >= 15 is 0 Å². The van der Waals surface area contributed by atoms with E-state index in [-0.39, 0.29) is 5.91 Å². The van der Waals surface area contributed by atoms with Crippen LogP contribution in [0.2, 0.25) is 0 Å². The fraction of sp³-hybridized carbons (Fsp3) is 0.333. The second kappa shape index (κ2) is 9.20. The van der Waals surface area contributed by atoms with Crippen molar-refractivity contribution in [3.05, 3.63) is 35.9 Å². The molecule has 0 bridgehead atoms. The first-order valence-corrected chi connectivity index (χ1v) is 7.66. The SMILES string of the molecule is CCCCSCC(=O)Nc1ccc(/C=C/C(=O)O)cc1. The predicted octanol–water partition coefficient (Wildman–Crippen LogP) is 3.26. The number of carboxylic acids is 1. The average molecular weight is 293 g/mol. The fourth-order valence-electron chi connectivity index (χ4n) is 1.45. The molecule has 1 aromatic carbocycles. The Bertz CT molecular complexity index is 469. The number of amides is 1. The Morgan fingerprint density at radius 2 is 2.00 bits per heavy atom. The molecule has 1 rings (SSSR count). The van der Waals surface area contributed by atoms with Gasteiger partial charge in [-0.1, -0.05) is 25.5 Å². The minimum absolute atomic E-state index is 0.0140. The van der Waals surface area contributed by atoms with Crippen LogP contribution in [0.25, 0.3) is 6.08 Å². The number of nitrogens with one attached hydrogen (secondary N) is 1. The van der Waals surface area contributed by atoms with Gasteiger partial charge in [-0.05, 0) is 35.9 Å². The second-order valence-corrected chi connectivity index (χ2v) is 5.35. The molecule has 0 radical (unpaired) electrons. The Kier molecular flexibility index (Phi) is 7.50. The van der Waals surface area contributed by atoms with Crippen LogP contribution in [0.15, 0.2) is 30.3 Å². The van der Waals surface area contributed by atoms with Crippen molar-refractivity contribution in [1.82, 2.24) is 0 Å². The highest BCUT2D eigenvalue weighted by atomic mass is 32.2. The lowest BCUT2D eigenvalue weighted by atomic mass is 10.2. The summed E-state index contributed by atoms with van der Waals surface area (Å²) < 4.78 is 0. The first kappa shape index (κ1) is 16.3. The van der Waals surface area contributed by atoms with Gasteiger partial charge >= 0.3 is 5.97 Å². The van der Waals surface area contributed by atoms with Crippen LogP contribution >= 0.6 is 11.8 Å². The third-order valence-corrected chi connectivity index (χ3v) is 3.53. The number of benzene rings is 1. The summed E-state index contributed by atoms with van der Waals surface area (Å²) in [6, 6.07) is 7.05. The molecule has 0 aromatic heterocycles. The fourth-order valence-corrected chi connectivity index (χ4v) is 2.35. The number of hydrogen-bond donors (Lipinski definition) is 2. The largest absolute Gasteiger partial charge is 0.478 e. The van der Waals surface area contributed by atoms with Gasteiger partial charge in [0.1, 0.15) is 0 Å². The molecule has 1 aromatic rings. The quantitative estimate of drug-likeness (QED) is 0.570. The number of aliphatic carboxylic acids is 1. The monoisotopic (exact) mass is 293 g/mol. The molecule has 0 spiro atoms. The van der Waals surface area contributed by atoms with Crippen LogP contribution in [0.5, 0.6) is 0 Å². The van der Waals surface area contributed by atoms with Gasteiger partial charge in [0.05, 0.1) is 5.75 Å². The highest BCUT2D eigenvalue weighted by Gasteiger charge is 2.02. The second-order valence-electron chi connectivity index (χ2n) is 4.25. The van der Waals surface area contributed by atoms with E-state index in [2.05, 4.69) is 12.2 Å². The molecule has 0 saturated carbocycles. The van der Waals surface area contributed by atoms with Crippen molar-refractivity contribution < 1.29 is 14.7 Å². The summed E-state index contributed by atoms with van der Waals surface area (Å²) in [7, 11) is 0. The first-order chi connectivity index (χ1) is 9.61. The van der Waals surface area contributed by atoms with Crippen molar-refractivity contribution in [2.24, 2.45) is 0 Å². The number of thioether (sulfide) groups is 1. The van der Waals surface area contributed by atoms with Gasteiger partial charge in [-0.15, -0.1) is 0 Å². The summed E-state index contributed by atoms with van der Waals surface area (Å²) in [6.45, 7) is 2.13. The molecule has 0 unspecified atom stereocenters. The summed E-state index contributed by atoms with van der Waals surface area (Å²) in [5, 5.41) is 11.3. The highest BCUT2D eigenvalue weighted by molar-refractivity contribution is 7.99. The molecule has 5 heteroatoms. The van der Waals surface area contributed by atoms with Crippen molar-refractivity contribution in [2.45, 2.75) is 19.8 Å². The molecule has 0 fully saturated rings. The van der Waals surface area contributed by atoms with Crippen LogP contribution < -0.4 is 5.32 Å². The van der Waals surface area contributed by atoms with E-state index in [4.69, 9.17) is 5.11 Å². The van der Waals surface area contributed by atoms with Crippen molar-refractivity contribution in [3.8, 4) is 0 Å². The number of rotatable bonds is 8. The summed E-state index contributed by atoms with van der Waals surface area (Å²) in [5.41, 5.74) is 1.50. The van der Waals surface area contributed by atoms with Gasteiger partial charge in [0.25, 0.3) is 0 Å². The van der Waals surface area contributed by atoms with Gasteiger partial charge < -0.3 is 10.4 Å². The molecule has 0 aliphatic carbocycles. The maximum absolute atomic E-state index is 11.7. The average Bonchev–Trinajstić information content (AvgIpc) is 2.43. The Balaban J connectivity index is 2.41. The maximum atomic E-state index is 11.7. The zero-order chi connectivity index (χ0) is 14.8. The molecule has 108 valence electrons. The summed E-state index contributed by atoms with van der Waals surface area (Å²) in [6.07, 6.45) is 4.86. The number of unbranched alkanes of at least 4 members (excludes halogenated alkanes) is 1. The topological polar surface area (TPSA) is 66.4 Å². The molecule has 0 aliphatic heterocycles. The molecule has 1 amide bonds. The van der Waals surface area contributed by atoms with Gasteiger partial charge in [-0.2, -0.15) is 11.8 Å². The lowest BCUT2D eigenvalue weighted by Crippen LogP contribution is -2.14. The molecule has 0 saturated heterocycles. The number of anilines is 1. The van der Waals surface area contributed by atoms with Crippen LogP contribution in [0.1, 0.15) is 25.3 Å². The van der Waals surface area contributed by atoms with Crippen LogP contribution in [0, 0.1) is 0 Å². The molecule has 0 aliphatic rings. The normalized spacial score (nSPS) is 10.7. The van der Waals surface area contributed by atoms with Gasteiger partial charge in [-0.25, -0.2) is 4.79 Å². The van der Waals surface area contributed by atoms with E-state index in [0.717, 1.165) is 35.9 Å². The lowest BCUT2D eigenvalue weighted by Gasteiger charge is -2.05. The number of carbonyl (C=O) groups excluding carboxylic acids is 1. The van der Waals surface area contributed by atoms with E-state index in [1.165, 1.54) is 6.08 Å². The Labute approximate surface area is 123 Å². The van der Waals surface area contributed by atoms with E-state index < -0.39 is 5.97 Å². The standard InChI is InChI=1S/C15H19NO3S/c1-2-3-10-20-11-14(17)16-13-7-4-12(5-8-13)6-9-15(18)19/h4-9H,2-3,10-11H2,1H3,(H,16,17)(H,18,19)/b9-6+. The van der Waals surface area contributed by atoms with E-state index in [0.29, 0.717) is 5.75 Å².